The van der Waals surface area contributed by atoms with E-state index in [9.17, 15) is 19.2 Å². The first-order valence-electron chi connectivity index (χ1n) is 12.3. The van der Waals surface area contributed by atoms with Gasteiger partial charge in [0.25, 0.3) is 5.56 Å². The van der Waals surface area contributed by atoms with Gasteiger partial charge in [-0.3, -0.25) is 23.5 Å². The van der Waals surface area contributed by atoms with Crippen LogP contribution in [0.3, 0.4) is 0 Å². The van der Waals surface area contributed by atoms with E-state index in [-0.39, 0.29) is 28.7 Å². The van der Waals surface area contributed by atoms with Crippen LogP contribution in [0.25, 0.3) is 11.2 Å². The first kappa shape index (κ1) is 26.1. The summed E-state index contributed by atoms with van der Waals surface area (Å²) in [6, 6.07) is 6.50. The van der Waals surface area contributed by atoms with Crippen LogP contribution in [-0.2, 0) is 24.9 Å². The minimum absolute atomic E-state index is 0.00718. The van der Waals surface area contributed by atoms with Crippen molar-refractivity contribution >= 4 is 34.5 Å². The Morgan fingerprint density at radius 2 is 1.89 bits per heavy atom. The molecule has 3 aromatic rings. The van der Waals surface area contributed by atoms with Crippen molar-refractivity contribution < 1.29 is 9.59 Å². The number of nitrogens with one attached hydrogen (secondary N) is 1. The summed E-state index contributed by atoms with van der Waals surface area (Å²) in [6.07, 6.45) is 3.80. The molecule has 1 aliphatic heterocycles. The van der Waals surface area contributed by atoms with Gasteiger partial charge < -0.3 is 20.5 Å². The fourth-order valence-corrected chi connectivity index (χ4v) is 4.63. The first-order valence-corrected chi connectivity index (χ1v) is 12.3. The zero-order chi connectivity index (χ0) is 26.9. The zero-order valence-corrected chi connectivity index (χ0v) is 21.7. The highest BCUT2D eigenvalue weighted by Gasteiger charge is 2.27. The maximum absolute atomic E-state index is 13.8. The van der Waals surface area contributed by atoms with E-state index in [4.69, 9.17) is 10.7 Å². The fourth-order valence-electron chi connectivity index (χ4n) is 4.63. The molecule has 1 aromatic carbocycles. The first-order chi connectivity index (χ1) is 17.6. The number of fused-ring (bicyclic) bond motifs is 1. The number of anilines is 2. The topological polar surface area (TPSA) is 137 Å². The van der Waals surface area contributed by atoms with Gasteiger partial charge in [0.1, 0.15) is 0 Å². The summed E-state index contributed by atoms with van der Waals surface area (Å²) in [7, 11) is 1.54. The SMILES string of the molecule is CC(=O)Nc1ccccc1C(=O)Cn1c(=O)c2c(nc(N3CCCC(N)C3)n2CC=C(C)C)n(C)c1=O. The summed E-state index contributed by atoms with van der Waals surface area (Å²) < 4.78 is 4.03. The van der Waals surface area contributed by atoms with Crippen molar-refractivity contribution in [2.75, 3.05) is 23.3 Å². The van der Waals surface area contributed by atoms with Crippen molar-refractivity contribution in [2.24, 2.45) is 12.8 Å². The van der Waals surface area contributed by atoms with Gasteiger partial charge in [-0.15, -0.1) is 0 Å². The van der Waals surface area contributed by atoms with Crippen LogP contribution in [0.15, 0.2) is 45.5 Å². The predicted molar refractivity (Wildman–Crippen MR) is 143 cm³/mol. The van der Waals surface area contributed by atoms with E-state index >= 15 is 0 Å². The summed E-state index contributed by atoms with van der Waals surface area (Å²) in [6.45, 7) is 6.52. The lowest BCUT2D eigenvalue weighted by atomic mass is 10.1. The van der Waals surface area contributed by atoms with Crippen LogP contribution in [0.1, 0.15) is 44.0 Å². The average molecular weight is 508 g/mol. The molecule has 0 spiro atoms. The number of allylic oxidation sites excluding steroid dienone is 2. The van der Waals surface area contributed by atoms with Crippen LogP contribution in [0.5, 0.6) is 0 Å². The molecular weight excluding hydrogens is 474 g/mol. The number of Topliss-reactive ketones (excluding diaryl/α,β-unsaturated/α-hetero) is 1. The molecule has 11 nitrogen and oxygen atoms in total. The van der Waals surface area contributed by atoms with Crippen LogP contribution in [-0.4, -0.2) is 49.5 Å². The number of rotatable bonds is 7. The molecule has 1 atom stereocenters. The van der Waals surface area contributed by atoms with Crippen molar-refractivity contribution in [3.63, 3.8) is 0 Å². The smallest absolute Gasteiger partial charge is 0.332 e. The summed E-state index contributed by atoms with van der Waals surface area (Å²) in [5, 5.41) is 2.62. The van der Waals surface area contributed by atoms with Crippen LogP contribution in [0.2, 0.25) is 0 Å². The number of ketones is 1. The third-order valence-electron chi connectivity index (χ3n) is 6.47. The maximum Gasteiger partial charge on any atom is 0.332 e. The minimum Gasteiger partial charge on any atom is -0.341 e. The Labute approximate surface area is 214 Å². The van der Waals surface area contributed by atoms with Crippen molar-refractivity contribution in [3.8, 4) is 0 Å². The number of hydrogen-bond acceptors (Lipinski definition) is 7. The van der Waals surface area contributed by atoms with Crippen LogP contribution in [0.4, 0.5) is 11.6 Å². The lowest BCUT2D eigenvalue weighted by Gasteiger charge is -2.31. The molecule has 196 valence electrons. The molecule has 1 amide bonds. The monoisotopic (exact) mass is 507 g/mol. The Bertz CT molecular complexity index is 1510. The van der Waals surface area contributed by atoms with E-state index in [0.717, 1.165) is 29.5 Å². The fraction of sp³-hybridized carbons (Fsp3) is 0.423. The van der Waals surface area contributed by atoms with E-state index in [2.05, 4.69) is 10.2 Å². The number of aryl methyl sites for hydroxylation is 1. The zero-order valence-electron chi connectivity index (χ0n) is 21.7. The molecule has 3 heterocycles. The third kappa shape index (κ3) is 5.26. The molecule has 3 N–H and O–H groups in total. The number of carbonyl (C=O) groups excluding carboxylic acids is 2. The van der Waals surface area contributed by atoms with Crippen molar-refractivity contribution in [3.05, 3.63) is 62.3 Å². The summed E-state index contributed by atoms with van der Waals surface area (Å²) >= 11 is 0. The van der Waals surface area contributed by atoms with Crippen LogP contribution < -0.4 is 27.2 Å². The summed E-state index contributed by atoms with van der Waals surface area (Å²) in [5.74, 6) is -0.224. The van der Waals surface area contributed by atoms with Crippen LogP contribution >= 0.6 is 0 Å². The molecule has 1 aliphatic rings. The van der Waals surface area contributed by atoms with Gasteiger partial charge in [-0.2, -0.15) is 4.98 Å². The summed E-state index contributed by atoms with van der Waals surface area (Å²) in [5.41, 5.74) is 7.09. The molecule has 37 heavy (non-hydrogen) atoms. The van der Waals surface area contributed by atoms with Gasteiger partial charge in [-0.1, -0.05) is 23.8 Å². The summed E-state index contributed by atoms with van der Waals surface area (Å²) in [4.78, 5) is 58.6. The normalized spacial score (nSPS) is 15.6. The molecule has 1 fully saturated rings. The van der Waals surface area contributed by atoms with E-state index in [1.165, 1.54) is 11.5 Å². The second kappa shape index (κ2) is 10.6. The molecule has 11 heteroatoms. The number of nitrogens with two attached hydrogens (primary N) is 1. The minimum atomic E-state index is -0.642. The molecule has 0 radical (unpaired) electrons. The molecule has 1 unspecified atom stereocenters. The van der Waals surface area contributed by atoms with Gasteiger partial charge >= 0.3 is 5.69 Å². The van der Waals surface area contributed by atoms with Crippen molar-refractivity contribution in [2.45, 2.75) is 52.7 Å². The number of imidazole rings is 1. The lowest BCUT2D eigenvalue weighted by Crippen LogP contribution is -2.44. The molecule has 0 bridgehead atoms. The highest BCUT2D eigenvalue weighted by Crippen LogP contribution is 2.23. The molecule has 0 saturated carbocycles. The van der Waals surface area contributed by atoms with E-state index < -0.39 is 23.6 Å². The number of benzene rings is 1. The van der Waals surface area contributed by atoms with E-state index in [0.29, 0.717) is 24.7 Å². The number of piperidine rings is 1. The van der Waals surface area contributed by atoms with Crippen molar-refractivity contribution in [1.82, 2.24) is 18.7 Å². The van der Waals surface area contributed by atoms with Crippen molar-refractivity contribution in [1.29, 1.82) is 0 Å². The Hall–Kier alpha value is -3.99. The lowest BCUT2D eigenvalue weighted by molar-refractivity contribution is -0.114. The second-order valence-corrected chi connectivity index (χ2v) is 9.71. The largest absolute Gasteiger partial charge is 0.341 e. The number of nitrogens with zero attached hydrogens (tertiary/aromatic N) is 5. The Kier molecular flexibility index (Phi) is 7.44. The second-order valence-electron chi connectivity index (χ2n) is 9.71. The Balaban J connectivity index is 1.86. The third-order valence-corrected chi connectivity index (χ3v) is 6.47. The van der Waals surface area contributed by atoms with Gasteiger partial charge in [0.05, 0.1) is 12.2 Å². The van der Waals surface area contributed by atoms with E-state index in [1.54, 1.807) is 35.9 Å². The number of aromatic nitrogens is 4. The van der Waals surface area contributed by atoms with Gasteiger partial charge in [0.15, 0.2) is 16.9 Å². The highest BCUT2D eigenvalue weighted by atomic mass is 16.2. The highest BCUT2D eigenvalue weighted by molar-refractivity contribution is 6.04. The number of para-hydroxylation sites is 1. The van der Waals surface area contributed by atoms with Crippen LogP contribution in [0, 0.1) is 0 Å². The standard InChI is InChI=1S/C26H33N7O4/c1-16(2)11-13-32-22-23(29-25(32)31-12-7-8-18(27)14-31)30(4)26(37)33(24(22)36)15-21(35)19-9-5-6-10-20(19)28-17(3)34/h5-6,9-11,18H,7-8,12-15,27H2,1-4H3,(H,28,34). The van der Waals surface area contributed by atoms with Gasteiger partial charge in [0.2, 0.25) is 11.9 Å². The Morgan fingerprint density at radius 3 is 2.57 bits per heavy atom. The molecule has 2 aromatic heterocycles. The Morgan fingerprint density at radius 1 is 1.16 bits per heavy atom. The van der Waals surface area contributed by atoms with E-state index in [1.807, 2.05) is 19.9 Å². The number of carbonyl (C=O) groups is 2. The molecular formula is C26H33N7O4. The average Bonchev–Trinajstić information content (AvgIpc) is 3.23. The molecule has 4 rings (SSSR count). The predicted octanol–water partition coefficient (Wildman–Crippen LogP) is 1.63. The quantitative estimate of drug-likeness (QED) is 0.366. The number of amides is 1. The maximum atomic E-state index is 13.8. The molecule has 0 aliphatic carbocycles. The van der Waals surface area contributed by atoms with Gasteiger partial charge in [-0.05, 0) is 38.8 Å². The number of hydrogen-bond donors (Lipinski definition) is 2. The molecule has 1 saturated heterocycles. The van der Waals surface area contributed by atoms with Gasteiger partial charge in [-0.25, -0.2) is 4.79 Å². The van der Waals surface area contributed by atoms with Gasteiger partial charge in [0, 0.05) is 45.2 Å².